The van der Waals surface area contributed by atoms with E-state index in [2.05, 4.69) is 5.32 Å². The van der Waals surface area contributed by atoms with E-state index in [0.29, 0.717) is 35.3 Å². The summed E-state index contributed by atoms with van der Waals surface area (Å²) in [4.78, 5) is 43.7. The van der Waals surface area contributed by atoms with Crippen LogP contribution >= 0.6 is 23.2 Å². The Kier molecular flexibility index (Phi) is 4.48. The first-order valence-corrected chi connectivity index (χ1v) is 11.4. The first-order chi connectivity index (χ1) is 16.1. The number of benzene rings is 2. The minimum atomic E-state index is -4.76. The van der Waals surface area contributed by atoms with Gasteiger partial charge >= 0.3 is 6.18 Å². The molecule has 2 aromatic rings. The largest absolute Gasteiger partial charge is 0.417 e. The van der Waals surface area contributed by atoms with Gasteiger partial charge in [-0.05, 0) is 55.8 Å². The monoisotopic (exact) mass is 509 g/mol. The number of amides is 3. The zero-order valence-corrected chi connectivity index (χ0v) is 18.8. The van der Waals surface area contributed by atoms with Gasteiger partial charge in [-0.3, -0.25) is 19.3 Å². The van der Waals surface area contributed by atoms with Gasteiger partial charge < -0.3 is 5.32 Å². The summed E-state index contributed by atoms with van der Waals surface area (Å²) in [5.74, 6) is -3.70. The van der Waals surface area contributed by atoms with Gasteiger partial charge in [0.05, 0.1) is 28.1 Å². The van der Waals surface area contributed by atoms with Crippen molar-refractivity contribution in [2.45, 2.75) is 30.6 Å². The number of hydrogen-bond acceptors (Lipinski definition) is 4. The number of nitrogens with one attached hydrogen (secondary N) is 1. The number of nitrogens with zero attached hydrogens (tertiary/aromatic N) is 2. The molecule has 1 spiro atoms. The zero-order valence-electron chi connectivity index (χ0n) is 17.3. The van der Waals surface area contributed by atoms with Gasteiger partial charge in [0.15, 0.2) is 0 Å². The molecule has 34 heavy (non-hydrogen) atoms. The molecule has 4 aliphatic heterocycles. The van der Waals surface area contributed by atoms with E-state index < -0.39 is 57.9 Å². The molecule has 3 fully saturated rings. The third-order valence-corrected chi connectivity index (χ3v) is 8.03. The van der Waals surface area contributed by atoms with E-state index in [1.807, 2.05) is 4.90 Å². The number of anilines is 2. The van der Waals surface area contributed by atoms with Gasteiger partial charge in [0.2, 0.25) is 17.7 Å². The van der Waals surface area contributed by atoms with Crippen LogP contribution in [0.5, 0.6) is 0 Å². The number of hydrogen-bond donors (Lipinski definition) is 1. The number of carbonyl (C=O) groups is 3. The van der Waals surface area contributed by atoms with Crippen molar-refractivity contribution in [1.82, 2.24) is 4.90 Å². The second-order valence-corrected chi connectivity index (χ2v) is 9.83. The molecule has 11 heteroatoms. The third kappa shape index (κ3) is 2.60. The van der Waals surface area contributed by atoms with Crippen molar-refractivity contribution in [2.75, 3.05) is 16.8 Å². The molecule has 3 amide bonds. The van der Waals surface area contributed by atoms with Crippen molar-refractivity contribution in [1.29, 1.82) is 0 Å². The maximum atomic E-state index is 13.8. The van der Waals surface area contributed by atoms with Gasteiger partial charge in [-0.2, -0.15) is 13.2 Å². The highest BCUT2D eigenvalue weighted by molar-refractivity contribution is 6.32. The summed E-state index contributed by atoms with van der Waals surface area (Å²) in [5.41, 5.74) is -1.79. The fourth-order valence-electron chi connectivity index (χ4n) is 6.30. The molecular formula is C23H16Cl2F3N3O3. The molecule has 0 aromatic heterocycles. The SMILES string of the molecule is O=C1[C@@H]2[C@@H]3CCCN3[C@@]3(C(=O)Nc4ccc(Cl)cc43)[C@H]2C(=O)N1c1ccc(Cl)c(C(F)(F)F)c1. The Morgan fingerprint density at radius 1 is 1.03 bits per heavy atom. The van der Waals surface area contributed by atoms with Crippen molar-refractivity contribution in [2.24, 2.45) is 11.8 Å². The molecule has 0 bridgehead atoms. The Morgan fingerprint density at radius 3 is 2.53 bits per heavy atom. The summed E-state index contributed by atoms with van der Waals surface area (Å²) >= 11 is 12.0. The van der Waals surface area contributed by atoms with Crippen LogP contribution in [0.2, 0.25) is 10.0 Å². The standard InChI is InChI=1S/C23H16Cl2F3N3O3/c24-10-3-6-15-13(8-10)22(21(34)29-15)18-17(16-2-1-7-30(16)22)19(32)31(20(18)33)11-4-5-14(25)12(9-11)23(26,27)28/h3-6,8-9,16-18H,1-2,7H2,(H,29,34)/t16-,17+,18+,22+/m0/s1. The molecule has 4 aliphatic rings. The van der Waals surface area contributed by atoms with Crippen LogP contribution in [0.3, 0.4) is 0 Å². The molecule has 0 aliphatic carbocycles. The molecule has 6 rings (SSSR count). The van der Waals surface area contributed by atoms with Crippen molar-refractivity contribution in [3.05, 3.63) is 57.6 Å². The van der Waals surface area contributed by atoms with Gasteiger partial charge in [-0.15, -0.1) is 0 Å². The number of fused-ring (bicyclic) bond motifs is 7. The summed E-state index contributed by atoms with van der Waals surface area (Å²) in [6, 6.07) is 7.44. The fourth-order valence-corrected chi connectivity index (χ4v) is 6.70. The Labute approximate surface area is 201 Å². The summed E-state index contributed by atoms with van der Waals surface area (Å²) in [6.07, 6.45) is -3.45. The maximum Gasteiger partial charge on any atom is 0.417 e. The van der Waals surface area contributed by atoms with E-state index in [4.69, 9.17) is 23.2 Å². The van der Waals surface area contributed by atoms with Gasteiger partial charge in [-0.1, -0.05) is 23.2 Å². The van der Waals surface area contributed by atoms with Crippen LogP contribution in [0.15, 0.2) is 36.4 Å². The molecule has 3 saturated heterocycles. The van der Waals surface area contributed by atoms with E-state index in [0.717, 1.165) is 17.4 Å². The van der Waals surface area contributed by atoms with Crippen LogP contribution in [-0.4, -0.2) is 35.2 Å². The predicted molar refractivity (Wildman–Crippen MR) is 117 cm³/mol. The van der Waals surface area contributed by atoms with Gasteiger partial charge in [-0.25, -0.2) is 4.90 Å². The van der Waals surface area contributed by atoms with Crippen molar-refractivity contribution in [3.8, 4) is 0 Å². The van der Waals surface area contributed by atoms with Gasteiger partial charge in [0.1, 0.15) is 5.54 Å². The van der Waals surface area contributed by atoms with Crippen molar-refractivity contribution < 1.29 is 27.6 Å². The maximum absolute atomic E-state index is 13.8. The number of rotatable bonds is 1. The smallest absolute Gasteiger partial charge is 0.324 e. The molecule has 4 atom stereocenters. The molecule has 0 radical (unpaired) electrons. The number of halogens is 5. The lowest BCUT2D eigenvalue weighted by Crippen LogP contribution is -2.54. The highest BCUT2D eigenvalue weighted by Gasteiger charge is 2.74. The topological polar surface area (TPSA) is 69.7 Å². The molecular weight excluding hydrogens is 494 g/mol. The second kappa shape index (κ2) is 6.96. The summed E-state index contributed by atoms with van der Waals surface area (Å²) in [6.45, 7) is 0.511. The number of carbonyl (C=O) groups excluding carboxylic acids is 3. The minimum absolute atomic E-state index is 0.217. The molecule has 176 valence electrons. The Morgan fingerprint density at radius 2 is 1.79 bits per heavy atom. The molecule has 6 nitrogen and oxygen atoms in total. The Bertz CT molecular complexity index is 1300. The van der Waals surface area contributed by atoms with E-state index in [1.165, 1.54) is 6.07 Å². The first-order valence-electron chi connectivity index (χ1n) is 10.7. The molecule has 0 saturated carbocycles. The lowest BCUT2D eigenvalue weighted by Gasteiger charge is -2.36. The zero-order chi connectivity index (χ0) is 24.2. The van der Waals surface area contributed by atoms with Gasteiger partial charge in [0.25, 0.3) is 0 Å². The Hall–Kier alpha value is -2.62. The number of imide groups is 1. The lowest BCUT2D eigenvalue weighted by molar-refractivity contribution is -0.137. The fraction of sp³-hybridized carbons (Fsp3) is 0.348. The van der Waals surface area contributed by atoms with E-state index in [-0.39, 0.29) is 5.69 Å². The highest BCUT2D eigenvalue weighted by Crippen LogP contribution is 2.61. The van der Waals surface area contributed by atoms with Gasteiger partial charge in [0, 0.05) is 22.3 Å². The average Bonchev–Trinajstić information content (AvgIpc) is 3.47. The van der Waals surface area contributed by atoms with Crippen LogP contribution in [0.1, 0.15) is 24.0 Å². The van der Waals surface area contributed by atoms with Crippen LogP contribution in [0.4, 0.5) is 24.5 Å². The van der Waals surface area contributed by atoms with Crippen molar-refractivity contribution >= 4 is 52.3 Å². The Balaban J connectivity index is 1.53. The summed E-state index contributed by atoms with van der Waals surface area (Å²) in [5, 5.41) is 2.66. The van der Waals surface area contributed by atoms with Crippen LogP contribution in [0, 0.1) is 11.8 Å². The second-order valence-electron chi connectivity index (χ2n) is 8.99. The average molecular weight is 510 g/mol. The third-order valence-electron chi connectivity index (χ3n) is 7.47. The summed E-state index contributed by atoms with van der Waals surface area (Å²) in [7, 11) is 0. The molecule has 2 aromatic carbocycles. The van der Waals surface area contributed by atoms with Crippen LogP contribution in [0.25, 0.3) is 0 Å². The highest BCUT2D eigenvalue weighted by atomic mass is 35.5. The molecule has 1 N–H and O–H groups in total. The molecule has 0 unspecified atom stereocenters. The minimum Gasteiger partial charge on any atom is -0.324 e. The van der Waals surface area contributed by atoms with E-state index in [9.17, 15) is 27.6 Å². The quantitative estimate of drug-likeness (QED) is 0.577. The normalized spacial score (nSPS) is 30.2. The number of alkyl halides is 3. The molecule has 4 heterocycles. The first kappa shape index (κ1) is 21.9. The van der Waals surface area contributed by atoms with E-state index >= 15 is 0 Å². The lowest BCUT2D eigenvalue weighted by atomic mass is 9.75. The van der Waals surface area contributed by atoms with Crippen LogP contribution < -0.4 is 10.2 Å². The summed E-state index contributed by atoms with van der Waals surface area (Å²) < 4.78 is 40.4. The predicted octanol–water partition coefficient (Wildman–Crippen LogP) is 4.44. The van der Waals surface area contributed by atoms with Crippen molar-refractivity contribution in [3.63, 3.8) is 0 Å². The van der Waals surface area contributed by atoms with E-state index in [1.54, 1.807) is 18.2 Å². The van der Waals surface area contributed by atoms with Crippen LogP contribution in [-0.2, 0) is 26.1 Å².